The Bertz CT molecular complexity index is 479. The third-order valence-electron chi connectivity index (χ3n) is 3.78. The molecular formula is C15H25N3O2. The molecule has 1 atom stereocenters. The van der Waals surface area contributed by atoms with Gasteiger partial charge in [-0.05, 0) is 38.2 Å². The average Bonchev–Trinajstić information content (AvgIpc) is 2.77. The van der Waals surface area contributed by atoms with E-state index in [1.54, 1.807) is 10.7 Å². The molecule has 0 aliphatic carbocycles. The number of likely N-dealkylation sites (tertiary alicyclic amines) is 1. The second-order valence-electron chi connectivity index (χ2n) is 6.81. The molecule has 0 bridgehead atoms. The van der Waals surface area contributed by atoms with E-state index in [-0.39, 0.29) is 23.5 Å². The highest BCUT2D eigenvalue weighted by Crippen LogP contribution is 2.28. The van der Waals surface area contributed by atoms with Crippen LogP contribution in [-0.2, 0) is 0 Å². The summed E-state index contributed by atoms with van der Waals surface area (Å²) in [5, 5.41) is 14.3. The van der Waals surface area contributed by atoms with E-state index in [4.69, 9.17) is 0 Å². The van der Waals surface area contributed by atoms with Crippen molar-refractivity contribution in [3.05, 3.63) is 18.0 Å². The lowest BCUT2D eigenvalue weighted by Crippen LogP contribution is -2.37. The van der Waals surface area contributed by atoms with Crippen molar-refractivity contribution in [3.8, 4) is 0 Å². The molecule has 0 saturated carbocycles. The van der Waals surface area contributed by atoms with E-state index >= 15 is 0 Å². The van der Waals surface area contributed by atoms with Crippen LogP contribution in [-0.4, -0.2) is 44.9 Å². The second-order valence-corrected chi connectivity index (χ2v) is 6.81. The Morgan fingerprint density at radius 3 is 2.80 bits per heavy atom. The summed E-state index contributed by atoms with van der Waals surface area (Å²) in [5.74, 6) is -0.0356. The van der Waals surface area contributed by atoms with Crippen LogP contribution in [0.3, 0.4) is 0 Å². The monoisotopic (exact) mass is 279 g/mol. The molecule has 1 fully saturated rings. The van der Waals surface area contributed by atoms with Gasteiger partial charge in [0.2, 0.25) is 0 Å². The molecule has 0 unspecified atom stereocenters. The predicted molar refractivity (Wildman–Crippen MR) is 77.5 cm³/mol. The van der Waals surface area contributed by atoms with Crippen molar-refractivity contribution in [2.24, 2.45) is 5.41 Å². The third-order valence-corrected chi connectivity index (χ3v) is 3.78. The molecule has 0 spiro atoms. The lowest BCUT2D eigenvalue weighted by atomic mass is 9.87. The zero-order valence-electron chi connectivity index (χ0n) is 12.8. The number of carbonyl (C=O) groups is 1. The highest BCUT2D eigenvalue weighted by atomic mass is 16.3. The summed E-state index contributed by atoms with van der Waals surface area (Å²) in [4.78, 5) is 14.4. The van der Waals surface area contributed by atoms with Crippen molar-refractivity contribution in [1.29, 1.82) is 0 Å². The third kappa shape index (κ3) is 3.39. The molecule has 2 rings (SSSR count). The summed E-state index contributed by atoms with van der Waals surface area (Å²) in [6.07, 6.45) is 2.89. The summed E-state index contributed by atoms with van der Waals surface area (Å²) in [6, 6.07) is 2.02. The van der Waals surface area contributed by atoms with Crippen molar-refractivity contribution in [1.82, 2.24) is 14.7 Å². The van der Waals surface area contributed by atoms with Gasteiger partial charge in [-0.3, -0.25) is 9.48 Å². The first kappa shape index (κ1) is 15.0. The number of aromatic nitrogens is 2. The molecule has 20 heavy (non-hydrogen) atoms. The van der Waals surface area contributed by atoms with Gasteiger partial charge in [0.1, 0.15) is 5.69 Å². The van der Waals surface area contributed by atoms with Gasteiger partial charge in [0.15, 0.2) is 0 Å². The number of rotatable bonds is 2. The van der Waals surface area contributed by atoms with Gasteiger partial charge in [-0.15, -0.1) is 0 Å². The summed E-state index contributed by atoms with van der Waals surface area (Å²) in [7, 11) is 0. The number of hydrogen-bond donors (Lipinski definition) is 1. The van der Waals surface area contributed by atoms with Gasteiger partial charge in [0.05, 0.1) is 6.10 Å². The Morgan fingerprint density at radius 2 is 2.20 bits per heavy atom. The van der Waals surface area contributed by atoms with Gasteiger partial charge in [-0.1, -0.05) is 13.8 Å². The van der Waals surface area contributed by atoms with Crippen LogP contribution in [0.2, 0.25) is 0 Å². The molecule has 5 nitrogen and oxygen atoms in total. The Hall–Kier alpha value is -1.36. The summed E-state index contributed by atoms with van der Waals surface area (Å²) < 4.78 is 1.80. The first-order valence-electron chi connectivity index (χ1n) is 7.31. The zero-order valence-corrected chi connectivity index (χ0v) is 12.8. The van der Waals surface area contributed by atoms with Gasteiger partial charge in [0.25, 0.3) is 5.91 Å². The van der Waals surface area contributed by atoms with Crippen LogP contribution in [0.5, 0.6) is 0 Å². The molecule has 1 N–H and O–H groups in total. The lowest BCUT2D eigenvalue weighted by molar-refractivity contribution is 0.0698. The smallest absolute Gasteiger partial charge is 0.274 e. The maximum atomic E-state index is 12.6. The molecule has 1 aliphatic rings. The molecule has 5 heteroatoms. The van der Waals surface area contributed by atoms with Crippen LogP contribution in [0.1, 0.15) is 57.1 Å². The van der Waals surface area contributed by atoms with E-state index in [0.29, 0.717) is 25.2 Å². The van der Waals surface area contributed by atoms with E-state index in [0.717, 1.165) is 6.42 Å². The van der Waals surface area contributed by atoms with Crippen molar-refractivity contribution in [3.63, 3.8) is 0 Å². The van der Waals surface area contributed by atoms with Crippen LogP contribution in [0.4, 0.5) is 0 Å². The zero-order chi connectivity index (χ0) is 14.9. The highest BCUT2D eigenvalue weighted by Gasteiger charge is 2.32. The maximum Gasteiger partial charge on any atom is 0.274 e. The van der Waals surface area contributed by atoms with Gasteiger partial charge < -0.3 is 10.0 Å². The molecule has 112 valence electrons. The molecule has 1 amide bonds. The summed E-state index contributed by atoms with van der Waals surface area (Å²) >= 11 is 0. The van der Waals surface area contributed by atoms with E-state index < -0.39 is 0 Å². The standard InChI is InChI=1S/C15H25N3O2/c1-11(2)18-8-6-13(16-18)14(20)17-7-5-12(19)9-15(3,4)10-17/h6,8,11-12,19H,5,7,9-10H2,1-4H3/t12-/m1/s1. The first-order valence-corrected chi connectivity index (χ1v) is 7.31. The van der Waals surface area contributed by atoms with E-state index in [1.807, 2.05) is 24.9 Å². The Balaban J connectivity index is 2.14. The Morgan fingerprint density at radius 1 is 1.50 bits per heavy atom. The number of nitrogens with zero attached hydrogens (tertiary/aromatic N) is 3. The Labute approximate surface area is 120 Å². The van der Waals surface area contributed by atoms with E-state index in [1.165, 1.54) is 0 Å². The molecule has 1 aliphatic heterocycles. The fourth-order valence-electron chi connectivity index (χ4n) is 2.78. The molecule has 1 saturated heterocycles. The number of aliphatic hydroxyl groups excluding tert-OH is 1. The average molecular weight is 279 g/mol. The van der Waals surface area contributed by atoms with Crippen LogP contribution in [0, 0.1) is 5.41 Å². The van der Waals surface area contributed by atoms with Gasteiger partial charge in [-0.2, -0.15) is 5.10 Å². The van der Waals surface area contributed by atoms with Gasteiger partial charge in [-0.25, -0.2) is 0 Å². The largest absolute Gasteiger partial charge is 0.393 e. The van der Waals surface area contributed by atoms with Crippen molar-refractivity contribution in [2.45, 2.75) is 52.7 Å². The van der Waals surface area contributed by atoms with Crippen molar-refractivity contribution < 1.29 is 9.90 Å². The normalized spacial score (nSPS) is 22.9. The minimum atomic E-state index is -0.323. The van der Waals surface area contributed by atoms with E-state index in [9.17, 15) is 9.90 Å². The number of aliphatic hydroxyl groups is 1. The minimum absolute atomic E-state index is 0.0356. The van der Waals surface area contributed by atoms with Crippen LogP contribution in [0.25, 0.3) is 0 Å². The molecular weight excluding hydrogens is 254 g/mol. The minimum Gasteiger partial charge on any atom is -0.393 e. The lowest BCUT2D eigenvalue weighted by Gasteiger charge is -2.29. The van der Waals surface area contributed by atoms with Gasteiger partial charge in [0, 0.05) is 25.3 Å². The van der Waals surface area contributed by atoms with Crippen molar-refractivity contribution in [2.75, 3.05) is 13.1 Å². The quantitative estimate of drug-likeness (QED) is 0.901. The Kier molecular flexibility index (Phi) is 4.18. The van der Waals surface area contributed by atoms with Crippen molar-refractivity contribution >= 4 is 5.91 Å². The fourth-order valence-corrected chi connectivity index (χ4v) is 2.78. The first-order chi connectivity index (χ1) is 9.28. The number of amides is 1. The number of hydrogen-bond acceptors (Lipinski definition) is 3. The van der Waals surface area contributed by atoms with Gasteiger partial charge >= 0.3 is 0 Å². The van der Waals surface area contributed by atoms with E-state index in [2.05, 4.69) is 18.9 Å². The summed E-state index contributed by atoms with van der Waals surface area (Å²) in [5.41, 5.74) is 0.428. The van der Waals surface area contributed by atoms with Crippen LogP contribution >= 0.6 is 0 Å². The summed E-state index contributed by atoms with van der Waals surface area (Å²) in [6.45, 7) is 9.51. The molecule has 1 aromatic rings. The predicted octanol–water partition coefficient (Wildman–Crippen LogP) is 2.09. The molecule has 0 aromatic carbocycles. The SMILES string of the molecule is CC(C)n1ccc(C(=O)N2CC[C@@H](O)CC(C)(C)C2)n1. The fraction of sp³-hybridized carbons (Fsp3) is 0.733. The molecule has 2 heterocycles. The highest BCUT2D eigenvalue weighted by molar-refractivity contribution is 5.92. The topological polar surface area (TPSA) is 58.4 Å². The maximum absolute atomic E-state index is 12.6. The molecule has 1 aromatic heterocycles. The number of carbonyl (C=O) groups excluding carboxylic acids is 1. The second kappa shape index (κ2) is 5.56. The van der Waals surface area contributed by atoms with Crippen LogP contribution in [0.15, 0.2) is 12.3 Å². The van der Waals surface area contributed by atoms with Crippen LogP contribution < -0.4 is 0 Å². The molecule has 0 radical (unpaired) electrons.